The average molecular weight is 521 g/mol. The first-order valence-corrected chi connectivity index (χ1v) is 13.1. The number of rotatable bonds is 7. The van der Waals surface area contributed by atoms with Gasteiger partial charge in [0.1, 0.15) is 11.7 Å². The Morgan fingerprint density at radius 2 is 1.87 bits per heavy atom. The molecule has 0 unspecified atom stereocenters. The van der Waals surface area contributed by atoms with E-state index in [1.807, 2.05) is 4.90 Å². The van der Waals surface area contributed by atoms with E-state index >= 15 is 0 Å². The molecule has 2 N–H and O–H groups in total. The van der Waals surface area contributed by atoms with Gasteiger partial charge < -0.3 is 20.1 Å². The molecule has 0 radical (unpaired) electrons. The van der Waals surface area contributed by atoms with Crippen LogP contribution >= 0.6 is 0 Å². The molecular weight excluding hydrogens is 488 g/mol. The molecule has 6 rings (SSSR count). The minimum Gasteiger partial charge on any atom is -0.388 e. The predicted octanol–water partition coefficient (Wildman–Crippen LogP) is 1.11. The molecule has 4 heterocycles. The van der Waals surface area contributed by atoms with Gasteiger partial charge in [-0.1, -0.05) is 6.92 Å². The third-order valence-electron chi connectivity index (χ3n) is 7.90. The molecule has 1 aliphatic carbocycles. The Morgan fingerprint density at radius 3 is 2.50 bits per heavy atom. The number of nitrogens with one attached hydrogen (secondary N) is 1. The largest absolute Gasteiger partial charge is 0.388 e. The van der Waals surface area contributed by atoms with Crippen LogP contribution in [-0.2, 0) is 16.1 Å². The van der Waals surface area contributed by atoms with Crippen LogP contribution in [0.4, 0.5) is 0 Å². The second kappa shape index (κ2) is 9.32. The molecule has 11 nitrogen and oxygen atoms in total. The summed E-state index contributed by atoms with van der Waals surface area (Å²) in [5, 5.41) is 18.8. The minimum absolute atomic E-state index is 0.00968. The van der Waals surface area contributed by atoms with Gasteiger partial charge in [-0.3, -0.25) is 19.0 Å². The first-order chi connectivity index (χ1) is 18.2. The Balaban J connectivity index is 1.14. The van der Waals surface area contributed by atoms with Gasteiger partial charge in [-0.05, 0) is 49.9 Å². The first-order valence-electron chi connectivity index (χ1n) is 13.1. The lowest BCUT2D eigenvalue weighted by Gasteiger charge is -2.38. The van der Waals surface area contributed by atoms with Crippen LogP contribution in [0.15, 0.2) is 41.6 Å². The zero-order valence-electron chi connectivity index (χ0n) is 21.4. The molecule has 2 saturated heterocycles. The third-order valence-corrected chi connectivity index (χ3v) is 7.90. The number of aliphatic hydroxyl groups is 1. The monoisotopic (exact) mass is 520 g/mol. The number of benzene rings is 1. The molecule has 0 bridgehead atoms. The van der Waals surface area contributed by atoms with E-state index in [2.05, 4.69) is 22.3 Å². The smallest absolute Gasteiger partial charge is 0.264 e. The Labute approximate surface area is 219 Å². The van der Waals surface area contributed by atoms with E-state index in [0.29, 0.717) is 68.0 Å². The van der Waals surface area contributed by atoms with Gasteiger partial charge >= 0.3 is 0 Å². The molecule has 2 aliphatic heterocycles. The van der Waals surface area contributed by atoms with Crippen LogP contribution in [0.1, 0.15) is 43.0 Å². The zero-order chi connectivity index (χ0) is 26.5. The summed E-state index contributed by atoms with van der Waals surface area (Å²) in [5.41, 5.74) is 0.238. The van der Waals surface area contributed by atoms with E-state index in [0.717, 1.165) is 12.8 Å². The quantitative estimate of drug-likeness (QED) is 0.477. The van der Waals surface area contributed by atoms with Gasteiger partial charge in [-0.15, -0.1) is 0 Å². The molecule has 3 fully saturated rings. The predicted molar refractivity (Wildman–Crippen MR) is 138 cm³/mol. The van der Waals surface area contributed by atoms with Crippen LogP contribution in [0, 0.1) is 11.3 Å². The van der Waals surface area contributed by atoms with E-state index in [9.17, 15) is 19.5 Å². The number of aromatic nitrogens is 4. The van der Waals surface area contributed by atoms with Gasteiger partial charge in [0.2, 0.25) is 5.91 Å². The third kappa shape index (κ3) is 4.71. The maximum Gasteiger partial charge on any atom is 0.264 e. The van der Waals surface area contributed by atoms with Crippen molar-refractivity contribution in [1.29, 1.82) is 0 Å². The lowest BCUT2D eigenvalue weighted by molar-refractivity contribution is -0.137. The number of ether oxygens (including phenoxy) is 1. The summed E-state index contributed by atoms with van der Waals surface area (Å²) in [6.07, 6.45) is 5.68. The van der Waals surface area contributed by atoms with E-state index in [4.69, 9.17) is 4.74 Å². The lowest BCUT2D eigenvalue weighted by atomic mass is 9.88. The summed E-state index contributed by atoms with van der Waals surface area (Å²) in [5.74, 6) is 0.194. The molecule has 3 aromatic rings. The highest BCUT2D eigenvalue weighted by molar-refractivity contribution is 5.94. The van der Waals surface area contributed by atoms with Gasteiger partial charge in [0.15, 0.2) is 5.65 Å². The van der Waals surface area contributed by atoms with Crippen LogP contribution in [0.2, 0.25) is 0 Å². The minimum atomic E-state index is -1.07. The number of hydrogen-bond donors (Lipinski definition) is 2. The number of piperidine rings is 1. The van der Waals surface area contributed by atoms with Gasteiger partial charge in [-0.2, -0.15) is 5.10 Å². The number of likely N-dealkylation sites (tertiary alicyclic amines) is 1. The fourth-order valence-electron chi connectivity index (χ4n) is 5.16. The number of carbonyl (C=O) groups excluding carboxylic acids is 2. The van der Waals surface area contributed by atoms with Crippen molar-refractivity contribution in [3.8, 4) is 5.69 Å². The number of amides is 2. The Morgan fingerprint density at radius 1 is 1.16 bits per heavy atom. The van der Waals surface area contributed by atoms with Crippen molar-refractivity contribution >= 4 is 22.8 Å². The SMILES string of the molecule is CC1(CNC(=O)c2ccc(-n3ncc4c(=O)n(CC5(O)CCN(C(=O)C6CC6)CC5)cnc43)cc2)COC1. The molecule has 2 aromatic heterocycles. The van der Waals surface area contributed by atoms with E-state index in [-0.39, 0.29) is 35.3 Å². The fourth-order valence-corrected chi connectivity index (χ4v) is 5.16. The normalized spacial score (nSPS) is 20.2. The summed E-state index contributed by atoms with van der Waals surface area (Å²) in [4.78, 5) is 44.4. The molecule has 38 heavy (non-hydrogen) atoms. The molecule has 0 spiro atoms. The maximum atomic E-state index is 13.2. The van der Waals surface area contributed by atoms with Crippen molar-refractivity contribution in [3.63, 3.8) is 0 Å². The second-order valence-electron chi connectivity index (χ2n) is 11.3. The van der Waals surface area contributed by atoms with Crippen LogP contribution in [-0.4, -0.2) is 79.6 Å². The van der Waals surface area contributed by atoms with Crippen molar-refractivity contribution in [3.05, 3.63) is 52.7 Å². The zero-order valence-corrected chi connectivity index (χ0v) is 21.4. The lowest BCUT2D eigenvalue weighted by Crippen LogP contribution is -2.50. The molecule has 1 aromatic carbocycles. The van der Waals surface area contributed by atoms with Crippen molar-refractivity contribution in [2.45, 2.75) is 44.8 Å². The molecule has 0 atom stereocenters. The summed E-state index contributed by atoms with van der Waals surface area (Å²) in [7, 11) is 0. The van der Waals surface area contributed by atoms with Crippen molar-refractivity contribution in [2.75, 3.05) is 32.8 Å². The van der Waals surface area contributed by atoms with Crippen molar-refractivity contribution in [2.24, 2.45) is 11.3 Å². The highest BCUT2D eigenvalue weighted by Crippen LogP contribution is 2.33. The van der Waals surface area contributed by atoms with E-state index in [1.165, 1.54) is 17.1 Å². The summed E-state index contributed by atoms with van der Waals surface area (Å²) >= 11 is 0. The van der Waals surface area contributed by atoms with E-state index in [1.54, 1.807) is 28.9 Å². The van der Waals surface area contributed by atoms with Crippen LogP contribution < -0.4 is 10.9 Å². The van der Waals surface area contributed by atoms with Crippen molar-refractivity contribution in [1.82, 2.24) is 29.5 Å². The Hall–Kier alpha value is -3.57. The van der Waals surface area contributed by atoms with Gasteiger partial charge in [-0.25, -0.2) is 9.67 Å². The molecule has 200 valence electrons. The number of fused-ring (bicyclic) bond motifs is 1. The number of nitrogens with zero attached hydrogens (tertiary/aromatic N) is 5. The highest BCUT2D eigenvalue weighted by Gasteiger charge is 2.39. The van der Waals surface area contributed by atoms with Crippen LogP contribution in [0.5, 0.6) is 0 Å². The fraction of sp³-hybridized carbons (Fsp3) is 0.519. The summed E-state index contributed by atoms with van der Waals surface area (Å²) < 4.78 is 8.22. The average Bonchev–Trinajstić information content (AvgIpc) is 3.67. The summed E-state index contributed by atoms with van der Waals surface area (Å²) in [6, 6.07) is 6.97. The summed E-state index contributed by atoms with van der Waals surface area (Å²) in [6.45, 7) is 5.02. The topological polar surface area (TPSA) is 132 Å². The highest BCUT2D eigenvalue weighted by atomic mass is 16.5. The molecule has 2 amide bonds. The molecule has 3 aliphatic rings. The number of carbonyl (C=O) groups is 2. The first kappa shape index (κ1) is 24.7. The standard InChI is InChI=1S/C27H32N6O5/c1-26(15-38-16-26)13-28-23(34)18-4-6-20(7-5-18)33-22-21(12-30-33)25(36)32(17-29-22)14-27(37)8-10-31(11-9-27)24(35)19-2-3-19/h4-7,12,17,19,37H,2-3,8-11,13-16H2,1H3,(H,28,34). The number of hydrogen-bond acceptors (Lipinski definition) is 7. The van der Waals surface area contributed by atoms with Crippen LogP contribution in [0.25, 0.3) is 16.7 Å². The molecule has 1 saturated carbocycles. The van der Waals surface area contributed by atoms with Crippen LogP contribution in [0.3, 0.4) is 0 Å². The molecular formula is C27H32N6O5. The second-order valence-corrected chi connectivity index (χ2v) is 11.3. The van der Waals surface area contributed by atoms with Crippen molar-refractivity contribution < 1.29 is 19.4 Å². The van der Waals surface area contributed by atoms with Gasteiger partial charge in [0.25, 0.3) is 11.5 Å². The maximum absolute atomic E-state index is 13.2. The van der Waals surface area contributed by atoms with Gasteiger partial charge in [0.05, 0.1) is 37.2 Å². The van der Waals surface area contributed by atoms with E-state index < -0.39 is 5.60 Å². The Kier molecular flexibility index (Phi) is 6.07. The Bertz CT molecular complexity index is 1430. The van der Waals surface area contributed by atoms with Gasteiger partial charge in [0, 0.05) is 36.5 Å². The molecule has 11 heteroatoms.